The molecule has 104 valence electrons. The lowest BCUT2D eigenvalue weighted by molar-refractivity contribution is 0.355. The molecule has 1 unspecified atom stereocenters. The van der Waals surface area contributed by atoms with Crippen molar-refractivity contribution in [2.24, 2.45) is 5.73 Å². The lowest BCUT2D eigenvalue weighted by Gasteiger charge is -2.11. The SMILES string of the molecule is COc1ccc(-c2ccc3c(c2)CCC3N)cc1OC. The Bertz CT molecular complexity index is 628. The Morgan fingerprint density at radius 1 is 0.950 bits per heavy atom. The molecule has 1 aliphatic carbocycles. The van der Waals surface area contributed by atoms with Crippen LogP contribution in [0.4, 0.5) is 0 Å². The normalized spacial score (nSPS) is 16.9. The molecule has 0 spiro atoms. The Labute approximate surface area is 119 Å². The van der Waals surface area contributed by atoms with Crippen molar-refractivity contribution in [1.29, 1.82) is 0 Å². The highest BCUT2D eigenvalue weighted by atomic mass is 16.5. The lowest BCUT2D eigenvalue weighted by atomic mass is 9.99. The molecule has 0 radical (unpaired) electrons. The summed E-state index contributed by atoms with van der Waals surface area (Å²) in [7, 11) is 3.30. The monoisotopic (exact) mass is 269 g/mol. The summed E-state index contributed by atoms with van der Waals surface area (Å²) in [4.78, 5) is 0. The molecule has 1 aliphatic rings. The average molecular weight is 269 g/mol. The molecule has 3 nitrogen and oxygen atoms in total. The number of hydrogen-bond donors (Lipinski definition) is 1. The summed E-state index contributed by atoms with van der Waals surface area (Å²) in [5, 5.41) is 0. The van der Waals surface area contributed by atoms with Gasteiger partial charge in [0, 0.05) is 6.04 Å². The van der Waals surface area contributed by atoms with Gasteiger partial charge in [-0.3, -0.25) is 0 Å². The highest BCUT2D eigenvalue weighted by Crippen LogP contribution is 2.36. The lowest BCUT2D eigenvalue weighted by Crippen LogP contribution is -2.04. The van der Waals surface area contributed by atoms with Crippen LogP contribution in [0.25, 0.3) is 11.1 Å². The standard InChI is InChI=1S/C17H19NO2/c1-19-16-8-5-12(10-17(16)20-2)11-3-6-14-13(9-11)4-7-15(14)18/h3,5-6,8-10,15H,4,7,18H2,1-2H3. The van der Waals surface area contributed by atoms with Crippen LogP contribution in [-0.4, -0.2) is 14.2 Å². The van der Waals surface area contributed by atoms with Gasteiger partial charge in [-0.1, -0.05) is 24.3 Å². The predicted molar refractivity (Wildman–Crippen MR) is 80.2 cm³/mol. The molecular formula is C17H19NO2. The van der Waals surface area contributed by atoms with E-state index in [-0.39, 0.29) is 6.04 Å². The number of aryl methyl sites for hydroxylation is 1. The summed E-state index contributed by atoms with van der Waals surface area (Å²) >= 11 is 0. The smallest absolute Gasteiger partial charge is 0.161 e. The second kappa shape index (κ2) is 5.17. The van der Waals surface area contributed by atoms with Crippen LogP contribution in [0.15, 0.2) is 36.4 Å². The molecule has 20 heavy (non-hydrogen) atoms. The van der Waals surface area contributed by atoms with Crippen LogP contribution >= 0.6 is 0 Å². The fourth-order valence-electron chi connectivity index (χ4n) is 2.85. The summed E-state index contributed by atoms with van der Waals surface area (Å²) in [5.41, 5.74) is 11.1. The minimum atomic E-state index is 0.199. The van der Waals surface area contributed by atoms with E-state index in [0.29, 0.717) is 0 Å². The Morgan fingerprint density at radius 3 is 2.40 bits per heavy atom. The maximum absolute atomic E-state index is 6.08. The van der Waals surface area contributed by atoms with Gasteiger partial charge in [0.15, 0.2) is 11.5 Å². The maximum atomic E-state index is 6.08. The van der Waals surface area contributed by atoms with Crippen LogP contribution in [0.3, 0.4) is 0 Å². The van der Waals surface area contributed by atoms with Gasteiger partial charge in [-0.05, 0) is 47.2 Å². The molecule has 0 saturated heterocycles. The minimum Gasteiger partial charge on any atom is -0.493 e. The molecule has 0 heterocycles. The number of benzene rings is 2. The molecule has 2 aromatic rings. The first-order chi connectivity index (χ1) is 9.72. The van der Waals surface area contributed by atoms with Crippen LogP contribution in [0.2, 0.25) is 0 Å². The number of hydrogen-bond acceptors (Lipinski definition) is 3. The van der Waals surface area contributed by atoms with E-state index in [1.807, 2.05) is 12.1 Å². The predicted octanol–water partition coefficient (Wildman–Crippen LogP) is 3.32. The van der Waals surface area contributed by atoms with Crippen molar-refractivity contribution in [3.8, 4) is 22.6 Å². The number of rotatable bonds is 3. The quantitative estimate of drug-likeness (QED) is 0.929. The zero-order chi connectivity index (χ0) is 14.1. The van der Waals surface area contributed by atoms with Gasteiger partial charge >= 0.3 is 0 Å². The van der Waals surface area contributed by atoms with E-state index < -0.39 is 0 Å². The van der Waals surface area contributed by atoms with Gasteiger partial charge in [0.25, 0.3) is 0 Å². The molecule has 3 rings (SSSR count). The van der Waals surface area contributed by atoms with Crippen LogP contribution in [0, 0.1) is 0 Å². The molecule has 2 aromatic carbocycles. The first-order valence-electron chi connectivity index (χ1n) is 6.83. The molecule has 0 aliphatic heterocycles. The van der Waals surface area contributed by atoms with Crippen molar-refractivity contribution < 1.29 is 9.47 Å². The first kappa shape index (κ1) is 13.0. The largest absolute Gasteiger partial charge is 0.493 e. The third-order valence-corrected chi connectivity index (χ3v) is 3.98. The minimum absolute atomic E-state index is 0.199. The van der Waals surface area contributed by atoms with E-state index in [0.717, 1.165) is 29.9 Å². The first-order valence-corrected chi connectivity index (χ1v) is 6.83. The van der Waals surface area contributed by atoms with Crippen LogP contribution in [0.5, 0.6) is 11.5 Å². The van der Waals surface area contributed by atoms with Gasteiger partial charge < -0.3 is 15.2 Å². The summed E-state index contributed by atoms with van der Waals surface area (Å²) in [6, 6.07) is 12.7. The highest BCUT2D eigenvalue weighted by Gasteiger charge is 2.19. The Hall–Kier alpha value is -2.00. The van der Waals surface area contributed by atoms with Gasteiger partial charge in [0.1, 0.15) is 0 Å². The Kier molecular flexibility index (Phi) is 3.36. The molecule has 1 atom stereocenters. The van der Waals surface area contributed by atoms with Crippen LogP contribution in [-0.2, 0) is 6.42 Å². The van der Waals surface area contributed by atoms with Gasteiger partial charge in [-0.25, -0.2) is 0 Å². The second-order valence-corrected chi connectivity index (χ2v) is 5.13. The van der Waals surface area contributed by atoms with Gasteiger partial charge in [0.05, 0.1) is 14.2 Å². The maximum Gasteiger partial charge on any atom is 0.161 e. The number of ether oxygens (including phenoxy) is 2. The zero-order valence-electron chi connectivity index (χ0n) is 11.8. The number of fused-ring (bicyclic) bond motifs is 1. The van der Waals surface area contributed by atoms with Crippen LogP contribution in [0.1, 0.15) is 23.6 Å². The van der Waals surface area contributed by atoms with Crippen LogP contribution < -0.4 is 15.2 Å². The van der Waals surface area contributed by atoms with Gasteiger partial charge in [-0.2, -0.15) is 0 Å². The fourth-order valence-corrected chi connectivity index (χ4v) is 2.85. The fraction of sp³-hybridized carbons (Fsp3) is 0.294. The molecule has 2 N–H and O–H groups in total. The molecule has 0 fully saturated rings. The van der Waals surface area contributed by atoms with Crippen molar-refractivity contribution in [1.82, 2.24) is 0 Å². The zero-order valence-corrected chi connectivity index (χ0v) is 11.8. The van der Waals surface area contributed by atoms with Crippen molar-refractivity contribution >= 4 is 0 Å². The van der Waals surface area contributed by atoms with Crippen molar-refractivity contribution in [3.63, 3.8) is 0 Å². The van der Waals surface area contributed by atoms with Gasteiger partial charge in [0.2, 0.25) is 0 Å². The average Bonchev–Trinajstić information content (AvgIpc) is 2.87. The molecular weight excluding hydrogens is 250 g/mol. The number of nitrogens with two attached hydrogens (primary N) is 1. The van der Waals surface area contributed by atoms with Gasteiger partial charge in [-0.15, -0.1) is 0 Å². The van der Waals surface area contributed by atoms with Crippen molar-refractivity contribution in [2.45, 2.75) is 18.9 Å². The topological polar surface area (TPSA) is 44.5 Å². The van der Waals surface area contributed by atoms with Crippen molar-refractivity contribution in [3.05, 3.63) is 47.5 Å². The molecule has 0 aromatic heterocycles. The second-order valence-electron chi connectivity index (χ2n) is 5.13. The Morgan fingerprint density at radius 2 is 1.65 bits per heavy atom. The van der Waals surface area contributed by atoms with Crippen molar-refractivity contribution in [2.75, 3.05) is 14.2 Å². The summed E-state index contributed by atoms with van der Waals surface area (Å²) in [5.74, 6) is 1.50. The highest BCUT2D eigenvalue weighted by molar-refractivity contribution is 5.68. The third kappa shape index (κ3) is 2.14. The third-order valence-electron chi connectivity index (χ3n) is 3.98. The van der Waals surface area contributed by atoms with E-state index in [1.54, 1.807) is 14.2 Å². The summed E-state index contributed by atoms with van der Waals surface area (Å²) in [6.07, 6.45) is 2.11. The molecule has 3 heteroatoms. The molecule has 0 amide bonds. The molecule has 0 bridgehead atoms. The van der Waals surface area contributed by atoms with E-state index in [4.69, 9.17) is 15.2 Å². The van der Waals surface area contributed by atoms with E-state index in [2.05, 4.69) is 24.3 Å². The van der Waals surface area contributed by atoms with E-state index in [1.165, 1.54) is 16.7 Å². The number of methoxy groups -OCH3 is 2. The molecule has 0 saturated carbocycles. The Balaban J connectivity index is 2.01. The summed E-state index contributed by atoms with van der Waals surface area (Å²) in [6.45, 7) is 0. The van der Waals surface area contributed by atoms with E-state index in [9.17, 15) is 0 Å². The van der Waals surface area contributed by atoms with E-state index >= 15 is 0 Å². The summed E-state index contributed by atoms with van der Waals surface area (Å²) < 4.78 is 10.6.